The van der Waals surface area contributed by atoms with E-state index in [0.717, 1.165) is 16.5 Å². The molecule has 8 heteroatoms. The van der Waals surface area contributed by atoms with Crippen LogP contribution in [-0.4, -0.2) is 33.4 Å². The lowest BCUT2D eigenvalue weighted by atomic mass is 10.1. The molecule has 0 bridgehead atoms. The minimum absolute atomic E-state index is 0.0811. The van der Waals surface area contributed by atoms with Crippen molar-refractivity contribution < 1.29 is 14.3 Å². The molecule has 2 aromatic heterocycles. The first kappa shape index (κ1) is 17.5. The average Bonchev–Trinajstić information content (AvgIpc) is 3.22. The van der Waals surface area contributed by atoms with Crippen molar-refractivity contribution in [3.8, 4) is 22.8 Å². The zero-order valence-electron chi connectivity index (χ0n) is 15.0. The van der Waals surface area contributed by atoms with Crippen molar-refractivity contribution in [3.05, 3.63) is 66.0 Å². The Labute approximate surface area is 160 Å². The molecule has 1 amide bonds. The van der Waals surface area contributed by atoms with Crippen LogP contribution in [0.2, 0.25) is 0 Å². The van der Waals surface area contributed by atoms with E-state index in [2.05, 4.69) is 20.4 Å². The normalized spacial score (nSPS) is 10.8. The fourth-order valence-electron chi connectivity index (χ4n) is 2.94. The summed E-state index contributed by atoms with van der Waals surface area (Å²) in [5, 5.41) is 11.3. The number of aromatic amines is 1. The van der Waals surface area contributed by atoms with Crippen molar-refractivity contribution >= 4 is 16.8 Å². The van der Waals surface area contributed by atoms with Gasteiger partial charge in [0.25, 0.3) is 5.91 Å². The van der Waals surface area contributed by atoms with E-state index >= 15 is 0 Å². The Hall–Kier alpha value is -3.94. The number of carbonyl (C=O) groups is 1. The summed E-state index contributed by atoms with van der Waals surface area (Å²) in [6.07, 6.45) is 1.74. The lowest BCUT2D eigenvalue weighted by molar-refractivity contribution is 0.0996. The van der Waals surface area contributed by atoms with Gasteiger partial charge in [-0.2, -0.15) is 15.4 Å². The largest absolute Gasteiger partial charge is 0.496 e. The number of carbonyl (C=O) groups excluding carboxylic acids is 1. The molecular weight excluding hydrogens is 358 g/mol. The van der Waals surface area contributed by atoms with Gasteiger partial charge in [-0.3, -0.25) is 9.78 Å². The minimum Gasteiger partial charge on any atom is -0.496 e. The molecule has 2 heterocycles. The summed E-state index contributed by atoms with van der Waals surface area (Å²) in [7, 11) is 1.59. The van der Waals surface area contributed by atoms with Crippen molar-refractivity contribution in [1.82, 2.24) is 20.4 Å². The van der Waals surface area contributed by atoms with Crippen molar-refractivity contribution in [1.29, 1.82) is 0 Å². The standard InChI is InChI=1S/C20H17N5O3/c1-27-17-7-5-13(18-19(20(21)26)24-25-23-18)9-14(17)11-28-15-6-4-12-3-2-8-22-16(12)10-15/h2-10H,11H2,1H3,(H2,21,26)(H,23,24,25). The lowest BCUT2D eigenvalue weighted by Crippen LogP contribution is -2.12. The molecule has 0 aliphatic rings. The molecule has 4 aromatic rings. The molecule has 0 fully saturated rings. The van der Waals surface area contributed by atoms with E-state index in [1.54, 1.807) is 25.4 Å². The van der Waals surface area contributed by atoms with Gasteiger partial charge in [-0.15, -0.1) is 0 Å². The van der Waals surface area contributed by atoms with Gasteiger partial charge in [-0.1, -0.05) is 6.07 Å². The number of fused-ring (bicyclic) bond motifs is 1. The molecule has 28 heavy (non-hydrogen) atoms. The Morgan fingerprint density at radius 3 is 2.86 bits per heavy atom. The van der Waals surface area contributed by atoms with Gasteiger partial charge in [0.15, 0.2) is 5.69 Å². The molecule has 0 aliphatic heterocycles. The van der Waals surface area contributed by atoms with E-state index in [1.165, 1.54) is 0 Å². The maximum Gasteiger partial charge on any atom is 0.271 e. The summed E-state index contributed by atoms with van der Waals surface area (Å²) in [5.41, 5.74) is 8.15. The molecular formula is C20H17N5O3. The molecule has 0 spiro atoms. The highest BCUT2D eigenvalue weighted by atomic mass is 16.5. The van der Waals surface area contributed by atoms with E-state index in [-0.39, 0.29) is 12.3 Å². The van der Waals surface area contributed by atoms with Crippen LogP contribution in [0.4, 0.5) is 0 Å². The van der Waals surface area contributed by atoms with E-state index in [1.807, 2.05) is 36.4 Å². The smallest absolute Gasteiger partial charge is 0.271 e. The minimum atomic E-state index is -0.652. The second-order valence-corrected chi connectivity index (χ2v) is 6.06. The van der Waals surface area contributed by atoms with Crippen molar-refractivity contribution in [3.63, 3.8) is 0 Å². The zero-order valence-corrected chi connectivity index (χ0v) is 15.0. The van der Waals surface area contributed by atoms with Crippen LogP contribution in [0.1, 0.15) is 16.1 Å². The van der Waals surface area contributed by atoms with Crippen LogP contribution in [-0.2, 0) is 6.61 Å². The number of methoxy groups -OCH3 is 1. The lowest BCUT2D eigenvalue weighted by Gasteiger charge is -2.12. The monoisotopic (exact) mass is 375 g/mol. The van der Waals surface area contributed by atoms with Gasteiger partial charge >= 0.3 is 0 Å². The third-order valence-corrected chi connectivity index (χ3v) is 4.31. The topological polar surface area (TPSA) is 116 Å². The van der Waals surface area contributed by atoms with Crippen LogP contribution >= 0.6 is 0 Å². The Kier molecular flexibility index (Phi) is 4.59. The molecule has 0 saturated heterocycles. The molecule has 0 unspecified atom stereocenters. The number of H-pyrrole nitrogens is 1. The fourth-order valence-corrected chi connectivity index (χ4v) is 2.94. The number of nitrogens with two attached hydrogens (primary N) is 1. The number of aromatic nitrogens is 4. The number of hydrogen-bond acceptors (Lipinski definition) is 6. The molecule has 0 atom stereocenters. The first-order valence-electron chi connectivity index (χ1n) is 8.51. The molecule has 0 saturated carbocycles. The summed E-state index contributed by atoms with van der Waals surface area (Å²) in [4.78, 5) is 15.9. The second kappa shape index (κ2) is 7.36. The molecule has 3 N–H and O–H groups in total. The Morgan fingerprint density at radius 1 is 1.14 bits per heavy atom. The van der Waals surface area contributed by atoms with E-state index in [0.29, 0.717) is 22.8 Å². The van der Waals surface area contributed by atoms with Gasteiger partial charge in [-0.05, 0) is 36.4 Å². The number of pyridine rings is 1. The first-order valence-corrected chi connectivity index (χ1v) is 8.51. The quantitative estimate of drug-likeness (QED) is 0.535. The second-order valence-electron chi connectivity index (χ2n) is 6.06. The van der Waals surface area contributed by atoms with E-state index in [4.69, 9.17) is 15.2 Å². The molecule has 0 aliphatic carbocycles. The highest BCUT2D eigenvalue weighted by Crippen LogP contribution is 2.28. The van der Waals surface area contributed by atoms with Crippen LogP contribution in [0, 0.1) is 0 Å². The van der Waals surface area contributed by atoms with Gasteiger partial charge in [0.2, 0.25) is 0 Å². The van der Waals surface area contributed by atoms with Gasteiger partial charge in [0.1, 0.15) is 23.8 Å². The van der Waals surface area contributed by atoms with Crippen LogP contribution < -0.4 is 15.2 Å². The van der Waals surface area contributed by atoms with Crippen LogP contribution in [0.3, 0.4) is 0 Å². The predicted molar refractivity (Wildman–Crippen MR) is 103 cm³/mol. The molecule has 140 valence electrons. The highest BCUT2D eigenvalue weighted by Gasteiger charge is 2.17. The van der Waals surface area contributed by atoms with Gasteiger partial charge in [-0.25, -0.2) is 0 Å². The van der Waals surface area contributed by atoms with Gasteiger partial charge < -0.3 is 15.2 Å². The first-order chi connectivity index (χ1) is 13.7. The maximum atomic E-state index is 11.5. The molecule has 0 radical (unpaired) electrons. The Morgan fingerprint density at radius 2 is 2.04 bits per heavy atom. The fraction of sp³-hybridized carbons (Fsp3) is 0.100. The number of nitrogens with zero attached hydrogens (tertiary/aromatic N) is 3. The van der Waals surface area contributed by atoms with Crippen molar-refractivity contribution in [2.75, 3.05) is 7.11 Å². The number of amides is 1. The Balaban J connectivity index is 1.62. The van der Waals surface area contributed by atoms with Crippen LogP contribution in [0.25, 0.3) is 22.2 Å². The summed E-state index contributed by atoms with van der Waals surface area (Å²) in [6, 6.07) is 15.0. The molecule has 2 aromatic carbocycles. The number of nitrogens with one attached hydrogen (secondary N) is 1. The van der Waals surface area contributed by atoms with E-state index < -0.39 is 5.91 Å². The van der Waals surface area contributed by atoms with Gasteiger partial charge in [0.05, 0.1) is 12.6 Å². The number of benzene rings is 2. The predicted octanol–water partition coefficient (Wildman–Crippen LogP) is 2.71. The molecule has 8 nitrogen and oxygen atoms in total. The average molecular weight is 375 g/mol. The highest BCUT2D eigenvalue weighted by molar-refractivity contribution is 5.96. The SMILES string of the molecule is COc1ccc(-c2n[nH]nc2C(N)=O)cc1COc1ccc2cccnc2c1. The number of rotatable bonds is 6. The number of primary amides is 1. The summed E-state index contributed by atoms with van der Waals surface area (Å²) in [6.45, 7) is 0.263. The van der Waals surface area contributed by atoms with E-state index in [9.17, 15) is 4.79 Å². The zero-order chi connectivity index (χ0) is 19.5. The van der Waals surface area contributed by atoms with Crippen LogP contribution in [0.5, 0.6) is 11.5 Å². The number of hydrogen-bond donors (Lipinski definition) is 2. The Bertz CT molecular complexity index is 1160. The van der Waals surface area contributed by atoms with Crippen molar-refractivity contribution in [2.24, 2.45) is 5.73 Å². The van der Waals surface area contributed by atoms with Crippen LogP contribution in [0.15, 0.2) is 54.7 Å². The maximum absolute atomic E-state index is 11.5. The third kappa shape index (κ3) is 3.35. The third-order valence-electron chi connectivity index (χ3n) is 4.31. The van der Waals surface area contributed by atoms with Gasteiger partial charge in [0, 0.05) is 28.8 Å². The summed E-state index contributed by atoms with van der Waals surface area (Å²) in [5.74, 6) is 0.700. The van der Waals surface area contributed by atoms with Crippen molar-refractivity contribution in [2.45, 2.75) is 6.61 Å². The number of ether oxygens (including phenoxy) is 2. The summed E-state index contributed by atoms with van der Waals surface area (Å²) >= 11 is 0. The molecule has 4 rings (SSSR count). The summed E-state index contributed by atoms with van der Waals surface area (Å²) < 4.78 is 11.4.